The van der Waals surface area contributed by atoms with Crippen molar-refractivity contribution in [3.8, 4) is 34.6 Å². The highest BCUT2D eigenvalue weighted by Crippen LogP contribution is 2.40. The van der Waals surface area contributed by atoms with Crippen molar-refractivity contribution in [2.24, 2.45) is 0 Å². The maximum atomic E-state index is 12.4. The molecule has 0 fully saturated rings. The van der Waals surface area contributed by atoms with Gasteiger partial charge < -0.3 is 4.57 Å². The molecule has 0 saturated carbocycles. The van der Waals surface area contributed by atoms with E-state index in [9.17, 15) is 4.57 Å². The normalized spacial score (nSPS) is 11.9. The van der Waals surface area contributed by atoms with Gasteiger partial charge in [0.1, 0.15) is 7.14 Å². The number of hydrogen-bond acceptors (Lipinski definition) is 2. The largest absolute Gasteiger partial charge is 0.319 e. The van der Waals surface area contributed by atoms with Gasteiger partial charge in [-0.05, 0) is 60.0 Å². The summed E-state index contributed by atoms with van der Waals surface area (Å²) >= 11 is 0. The highest BCUT2D eigenvalue weighted by atomic mass is 31.2. The Kier molecular flexibility index (Phi) is 6.19. The molecular weight excluding hydrogens is 493 g/mol. The van der Waals surface area contributed by atoms with Crippen LogP contribution in [0.3, 0.4) is 0 Å². The zero-order valence-electron chi connectivity index (χ0n) is 22.3. The van der Waals surface area contributed by atoms with E-state index in [0.717, 1.165) is 65.9 Å². The van der Waals surface area contributed by atoms with Crippen LogP contribution in [-0.4, -0.2) is 18.3 Å². The molecule has 0 radical (unpaired) electrons. The molecule has 0 unspecified atom stereocenters. The second-order valence-corrected chi connectivity index (χ2v) is 13.6. The molecule has 0 atom stereocenters. The number of aryl methyl sites for hydroxylation is 1. The minimum Gasteiger partial charge on any atom is -0.319 e. The summed E-state index contributed by atoms with van der Waals surface area (Å²) in [6.45, 7) is 5.71. The predicted molar refractivity (Wildman–Crippen MR) is 169 cm³/mol. The van der Waals surface area contributed by atoms with Crippen molar-refractivity contribution in [2.45, 2.75) is 6.92 Å². The van der Waals surface area contributed by atoms with Gasteiger partial charge in [0.15, 0.2) is 0 Å². The van der Waals surface area contributed by atoms with Crippen LogP contribution in [0.2, 0.25) is 0 Å². The van der Waals surface area contributed by atoms with E-state index in [0.29, 0.717) is 0 Å². The van der Waals surface area contributed by atoms with Crippen LogP contribution in [0.15, 0.2) is 103 Å². The molecule has 0 spiro atoms. The number of pyridine rings is 1. The van der Waals surface area contributed by atoms with Gasteiger partial charge in [0.05, 0.1) is 11.0 Å². The van der Waals surface area contributed by atoms with E-state index >= 15 is 0 Å². The summed E-state index contributed by atoms with van der Waals surface area (Å²) < 4.78 is 12.4. The average molecular weight is 522 g/mol. The van der Waals surface area contributed by atoms with Gasteiger partial charge in [-0.25, -0.2) is 4.98 Å². The van der Waals surface area contributed by atoms with Gasteiger partial charge >= 0.3 is 0 Å². The zero-order valence-corrected chi connectivity index (χ0v) is 23.2. The second-order valence-electron chi connectivity index (χ2n) is 10.3. The van der Waals surface area contributed by atoms with Crippen LogP contribution >= 0.6 is 7.14 Å². The van der Waals surface area contributed by atoms with Crippen LogP contribution in [0.25, 0.3) is 60.9 Å². The summed E-state index contributed by atoms with van der Waals surface area (Å²) in [6.07, 6.45) is 9.31. The van der Waals surface area contributed by atoms with Crippen LogP contribution in [0.1, 0.15) is 11.1 Å². The van der Waals surface area contributed by atoms with E-state index in [1.165, 1.54) is 5.39 Å². The van der Waals surface area contributed by atoms with Gasteiger partial charge in [0, 0.05) is 32.6 Å². The highest BCUT2D eigenvalue weighted by molar-refractivity contribution is 7.70. The lowest BCUT2D eigenvalue weighted by Crippen LogP contribution is -2.01. The summed E-state index contributed by atoms with van der Waals surface area (Å²) in [5.74, 6) is 2.63. The van der Waals surface area contributed by atoms with Crippen LogP contribution < -0.4 is 5.30 Å². The summed E-state index contributed by atoms with van der Waals surface area (Å²) in [6, 6.07) is 33.9. The molecule has 0 N–H and O–H groups in total. The summed E-state index contributed by atoms with van der Waals surface area (Å²) in [5, 5.41) is 5.41. The van der Waals surface area contributed by atoms with Gasteiger partial charge in [-0.3, -0.25) is 0 Å². The Morgan fingerprint density at radius 3 is 2.03 bits per heavy atom. The number of allylic oxidation sites excluding steroid dienone is 1. The van der Waals surface area contributed by atoms with Crippen molar-refractivity contribution >= 4 is 51.1 Å². The fourth-order valence-corrected chi connectivity index (χ4v) is 6.23. The molecule has 0 amide bonds. The molecule has 6 rings (SSSR count). The molecule has 0 saturated heterocycles. The van der Waals surface area contributed by atoms with Crippen molar-refractivity contribution < 1.29 is 4.57 Å². The third-order valence-corrected chi connectivity index (χ3v) is 8.98. The van der Waals surface area contributed by atoms with Crippen LogP contribution in [0, 0.1) is 19.3 Å². The SMILES string of the molecule is C#C/C=C\c1c(C)ccc2c(-c3ccc(-c4ccc(P(C)(C)=O)cc4)cc3)c3ccc4ccccc4c3nc12. The topological polar surface area (TPSA) is 30.0 Å². The molecule has 0 bridgehead atoms. The Bertz CT molecular complexity index is 2000. The standard InChI is InChI=1S/C36H28NOP/c1-5-6-10-30-24(2)12-22-32-34(33-23-19-27-9-7-8-11-31(27)36(33)37-35(30)32)28-15-13-25(14-16-28)26-17-20-29(21-18-26)39(3,4)38/h1,6-23H,2-4H3/b10-6-. The van der Waals surface area contributed by atoms with E-state index < -0.39 is 7.14 Å². The van der Waals surface area contributed by atoms with Gasteiger partial charge in [0.25, 0.3) is 0 Å². The van der Waals surface area contributed by atoms with Crippen molar-refractivity contribution in [1.29, 1.82) is 0 Å². The zero-order chi connectivity index (χ0) is 27.1. The number of terminal acetylenes is 1. The van der Waals surface area contributed by atoms with Crippen LogP contribution in [0.4, 0.5) is 0 Å². The summed E-state index contributed by atoms with van der Waals surface area (Å²) in [5.41, 5.74) is 8.63. The molecule has 3 heteroatoms. The third-order valence-electron chi connectivity index (χ3n) is 7.44. The smallest absolute Gasteiger partial charge is 0.109 e. The molecule has 0 aliphatic rings. The number of rotatable bonds is 4. The maximum absolute atomic E-state index is 12.4. The number of nitrogens with zero attached hydrogens (tertiary/aromatic N) is 1. The molecule has 188 valence electrons. The number of benzene rings is 5. The van der Waals surface area contributed by atoms with Gasteiger partial charge in [-0.2, -0.15) is 0 Å². The monoisotopic (exact) mass is 521 g/mol. The van der Waals surface area contributed by atoms with Crippen molar-refractivity contribution in [3.63, 3.8) is 0 Å². The van der Waals surface area contributed by atoms with Gasteiger partial charge in [-0.15, -0.1) is 6.42 Å². The summed E-state index contributed by atoms with van der Waals surface area (Å²) in [4.78, 5) is 5.26. The molecule has 0 aliphatic carbocycles. The quantitative estimate of drug-likeness (QED) is 0.100. The van der Waals surface area contributed by atoms with Crippen molar-refractivity contribution in [1.82, 2.24) is 4.98 Å². The van der Waals surface area contributed by atoms with Gasteiger partial charge in [-0.1, -0.05) is 103 Å². The fraction of sp³-hybridized carbons (Fsp3) is 0.0833. The Labute approximate surface area is 229 Å². The number of fused-ring (bicyclic) bond motifs is 4. The second kappa shape index (κ2) is 9.70. The Morgan fingerprint density at radius 1 is 0.718 bits per heavy atom. The van der Waals surface area contributed by atoms with E-state index in [1.807, 2.05) is 18.2 Å². The third kappa shape index (κ3) is 4.46. The van der Waals surface area contributed by atoms with Crippen LogP contribution in [0.5, 0.6) is 0 Å². The first-order chi connectivity index (χ1) is 18.8. The van der Waals surface area contributed by atoms with Crippen LogP contribution in [-0.2, 0) is 4.57 Å². The average Bonchev–Trinajstić information content (AvgIpc) is 2.95. The molecule has 2 nitrogen and oxygen atoms in total. The van der Waals surface area contributed by atoms with E-state index in [1.54, 1.807) is 19.4 Å². The molecule has 5 aromatic carbocycles. The lowest BCUT2D eigenvalue weighted by Gasteiger charge is -2.16. The summed E-state index contributed by atoms with van der Waals surface area (Å²) in [7, 11) is -2.28. The lowest BCUT2D eigenvalue weighted by atomic mass is 9.91. The van der Waals surface area contributed by atoms with Gasteiger partial charge in [0.2, 0.25) is 0 Å². The molecule has 1 heterocycles. The molecule has 6 aromatic rings. The Balaban J connectivity index is 1.60. The predicted octanol–water partition coefficient (Wildman–Crippen LogP) is 9.08. The minimum absolute atomic E-state index is 0.898. The number of hydrogen-bond donors (Lipinski definition) is 0. The molecule has 39 heavy (non-hydrogen) atoms. The first-order valence-corrected chi connectivity index (χ1v) is 15.6. The van der Waals surface area contributed by atoms with E-state index in [2.05, 4.69) is 97.8 Å². The number of aromatic nitrogens is 1. The first-order valence-electron chi connectivity index (χ1n) is 13.0. The van der Waals surface area contributed by atoms with E-state index in [-0.39, 0.29) is 0 Å². The fourth-order valence-electron chi connectivity index (χ4n) is 5.36. The minimum atomic E-state index is -2.28. The van der Waals surface area contributed by atoms with Crippen molar-refractivity contribution in [3.05, 3.63) is 114 Å². The first kappa shape index (κ1) is 24.9. The Morgan fingerprint density at radius 2 is 1.33 bits per heavy atom. The molecule has 0 aliphatic heterocycles. The van der Waals surface area contributed by atoms with E-state index in [4.69, 9.17) is 11.4 Å². The maximum Gasteiger partial charge on any atom is 0.109 e. The van der Waals surface area contributed by atoms with Crippen molar-refractivity contribution in [2.75, 3.05) is 13.3 Å². The lowest BCUT2D eigenvalue weighted by molar-refractivity contribution is 0.588. The molecule has 1 aromatic heterocycles. The molecular formula is C36H28NOP. The highest BCUT2D eigenvalue weighted by Gasteiger charge is 2.16. The Hall–Kier alpha value is -4.44.